The van der Waals surface area contributed by atoms with E-state index < -0.39 is 0 Å². The fourth-order valence-electron chi connectivity index (χ4n) is 4.15. The molecule has 0 radical (unpaired) electrons. The molecule has 4 atom stereocenters. The molecule has 92 valence electrons. The highest BCUT2D eigenvalue weighted by Gasteiger charge is 2.46. The Morgan fingerprint density at radius 2 is 1.88 bits per heavy atom. The minimum Gasteiger partial charge on any atom is -0.327 e. The van der Waals surface area contributed by atoms with Crippen molar-refractivity contribution in [1.82, 2.24) is 4.90 Å². The van der Waals surface area contributed by atoms with Crippen LogP contribution in [0, 0.1) is 17.8 Å². The highest BCUT2D eigenvalue weighted by molar-refractivity contribution is 5.01. The lowest BCUT2D eigenvalue weighted by molar-refractivity contribution is 0.167. The van der Waals surface area contributed by atoms with Crippen molar-refractivity contribution in [2.75, 3.05) is 13.1 Å². The lowest BCUT2D eigenvalue weighted by Gasteiger charge is -2.33. The standard InChI is InChI=1S/C14H26N2/c1-2-7-16(12-5-6-12)9-13-10-3-4-11(8-10)14(13)15/h10-14H,2-9,15H2,1H3. The molecule has 0 spiro atoms. The number of nitrogens with zero attached hydrogens (tertiary/aromatic N) is 1. The van der Waals surface area contributed by atoms with E-state index >= 15 is 0 Å². The third kappa shape index (κ3) is 1.91. The van der Waals surface area contributed by atoms with Crippen LogP contribution in [0.15, 0.2) is 0 Å². The van der Waals surface area contributed by atoms with Crippen molar-refractivity contribution in [2.24, 2.45) is 23.5 Å². The van der Waals surface area contributed by atoms with Gasteiger partial charge in [0.2, 0.25) is 0 Å². The van der Waals surface area contributed by atoms with E-state index in [1.165, 1.54) is 51.6 Å². The van der Waals surface area contributed by atoms with Gasteiger partial charge in [-0.3, -0.25) is 0 Å². The van der Waals surface area contributed by atoms with E-state index in [4.69, 9.17) is 5.73 Å². The van der Waals surface area contributed by atoms with Crippen LogP contribution in [-0.4, -0.2) is 30.1 Å². The van der Waals surface area contributed by atoms with Crippen LogP contribution in [0.2, 0.25) is 0 Å². The molecule has 0 saturated heterocycles. The molecule has 0 heterocycles. The van der Waals surface area contributed by atoms with Gasteiger partial charge < -0.3 is 10.6 Å². The molecule has 2 N–H and O–H groups in total. The zero-order chi connectivity index (χ0) is 11.1. The van der Waals surface area contributed by atoms with Gasteiger partial charge in [0.1, 0.15) is 0 Å². The summed E-state index contributed by atoms with van der Waals surface area (Å²) >= 11 is 0. The number of rotatable bonds is 5. The summed E-state index contributed by atoms with van der Waals surface area (Å²) in [6.07, 6.45) is 8.50. The van der Waals surface area contributed by atoms with Crippen molar-refractivity contribution in [3.8, 4) is 0 Å². The van der Waals surface area contributed by atoms with Crippen LogP contribution in [0.25, 0.3) is 0 Å². The van der Waals surface area contributed by atoms with E-state index in [1.807, 2.05) is 0 Å². The Morgan fingerprint density at radius 3 is 2.44 bits per heavy atom. The van der Waals surface area contributed by atoms with Gasteiger partial charge in [-0.25, -0.2) is 0 Å². The van der Waals surface area contributed by atoms with Crippen LogP contribution < -0.4 is 5.73 Å². The summed E-state index contributed by atoms with van der Waals surface area (Å²) < 4.78 is 0. The minimum absolute atomic E-state index is 0.525. The molecule has 16 heavy (non-hydrogen) atoms. The molecule has 2 heteroatoms. The SMILES string of the molecule is CCCN(CC1C2CCC(C2)C1N)C1CC1. The van der Waals surface area contributed by atoms with E-state index in [1.54, 1.807) is 0 Å². The van der Waals surface area contributed by atoms with Gasteiger partial charge in [-0.1, -0.05) is 6.92 Å². The predicted molar refractivity (Wildman–Crippen MR) is 67.2 cm³/mol. The molecule has 0 aliphatic heterocycles. The summed E-state index contributed by atoms with van der Waals surface area (Å²) in [6, 6.07) is 1.45. The second kappa shape index (κ2) is 4.30. The van der Waals surface area contributed by atoms with Gasteiger partial charge in [-0.15, -0.1) is 0 Å². The van der Waals surface area contributed by atoms with Crippen LogP contribution in [-0.2, 0) is 0 Å². The van der Waals surface area contributed by atoms with Gasteiger partial charge in [0, 0.05) is 18.6 Å². The lowest BCUT2D eigenvalue weighted by Crippen LogP contribution is -2.43. The first-order valence-corrected chi connectivity index (χ1v) is 7.29. The maximum atomic E-state index is 6.40. The molecule has 3 aliphatic carbocycles. The smallest absolute Gasteiger partial charge is 0.0111 e. The van der Waals surface area contributed by atoms with Crippen molar-refractivity contribution in [3.63, 3.8) is 0 Å². The van der Waals surface area contributed by atoms with Crippen molar-refractivity contribution in [2.45, 2.75) is 57.5 Å². The Morgan fingerprint density at radius 1 is 1.12 bits per heavy atom. The first-order valence-electron chi connectivity index (χ1n) is 7.29. The van der Waals surface area contributed by atoms with Crippen molar-refractivity contribution < 1.29 is 0 Å². The number of hydrogen-bond donors (Lipinski definition) is 1. The zero-order valence-electron chi connectivity index (χ0n) is 10.6. The summed E-state index contributed by atoms with van der Waals surface area (Å²) in [5, 5.41) is 0. The summed E-state index contributed by atoms with van der Waals surface area (Å²) in [5.41, 5.74) is 6.40. The molecular weight excluding hydrogens is 196 g/mol. The molecular formula is C14H26N2. The first-order chi connectivity index (χ1) is 7.79. The topological polar surface area (TPSA) is 29.3 Å². The van der Waals surface area contributed by atoms with Gasteiger partial charge in [0.25, 0.3) is 0 Å². The zero-order valence-corrected chi connectivity index (χ0v) is 10.6. The minimum atomic E-state index is 0.525. The van der Waals surface area contributed by atoms with Crippen LogP contribution in [0.5, 0.6) is 0 Å². The van der Waals surface area contributed by atoms with Gasteiger partial charge in [0.05, 0.1) is 0 Å². The number of hydrogen-bond acceptors (Lipinski definition) is 2. The molecule has 3 rings (SSSR count). The Kier molecular flexibility index (Phi) is 2.97. The monoisotopic (exact) mass is 222 g/mol. The Hall–Kier alpha value is -0.0800. The largest absolute Gasteiger partial charge is 0.327 e. The Bertz CT molecular complexity index is 247. The van der Waals surface area contributed by atoms with Crippen LogP contribution in [0.1, 0.15) is 45.4 Å². The normalized spacial score (nSPS) is 42.2. The van der Waals surface area contributed by atoms with Gasteiger partial charge in [-0.05, 0) is 62.8 Å². The van der Waals surface area contributed by atoms with E-state index in [-0.39, 0.29) is 0 Å². The Balaban J connectivity index is 1.60. The third-order valence-electron chi connectivity index (χ3n) is 5.18. The number of fused-ring (bicyclic) bond motifs is 2. The second-order valence-electron chi connectivity index (χ2n) is 6.30. The predicted octanol–water partition coefficient (Wildman–Crippen LogP) is 2.23. The summed E-state index contributed by atoms with van der Waals surface area (Å²) in [4.78, 5) is 2.74. The molecule has 0 amide bonds. The van der Waals surface area contributed by atoms with Crippen molar-refractivity contribution in [1.29, 1.82) is 0 Å². The van der Waals surface area contributed by atoms with Gasteiger partial charge in [-0.2, -0.15) is 0 Å². The van der Waals surface area contributed by atoms with E-state index in [0.717, 1.165) is 23.8 Å². The fourth-order valence-corrected chi connectivity index (χ4v) is 4.15. The highest BCUT2D eigenvalue weighted by Crippen LogP contribution is 2.48. The molecule has 3 fully saturated rings. The molecule has 3 aliphatic rings. The van der Waals surface area contributed by atoms with E-state index in [0.29, 0.717) is 6.04 Å². The van der Waals surface area contributed by atoms with E-state index in [9.17, 15) is 0 Å². The molecule has 3 saturated carbocycles. The van der Waals surface area contributed by atoms with Crippen LogP contribution in [0.4, 0.5) is 0 Å². The fraction of sp³-hybridized carbons (Fsp3) is 1.00. The second-order valence-corrected chi connectivity index (χ2v) is 6.30. The molecule has 0 aromatic carbocycles. The summed E-state index contributed by atoms with van der Waals surface area (Å²) in [5.74, 6) is 2.67. The Labute approximate surface area is 99.6 Å². The molecule has 2 bridgehead atoms. The van der Waals surface area contributed by atoms with Crippen LogP contribution in [0.3, 0.4) is 0 Å². The molecule has 4 unspecified atom stereocenters. The molecule has 2 nitrogen and oxygen atoms in total. The van der Waals surface area contributed by atoms with Gasteiger partial charge >= 0.3 is 0 Å². The average Bonchev–Trinajstić information content (AvgIpc) is 2.95. The quantitative estimate of drug-likeness (QED) is 0.773. The summed E-state index contributed by atoms with van der Waals surface area (Å²) in [6.45, 7) is 4.90. The lowest BCUT2D eigenvalue weighted by atomic mass is 9.84. The van der Waals surface area contributed by atoms with Crippen molar-refractivity contribution >= 4 is 0 Å². The van der Waals surface area contributed by atoms with Gasteiger partial charge in [0.15, 0.2) is 0 Å². The average molecular weight is 222 g/mol. The van der Waals surface area contributed by atoms with Crippen molar-refractivity contribution in [3.05, 3.63) is 0 Å². The summed E-state index contributed by atoms with van der Waals surface area (Å²) in [7, 11) is 0. The number of nitrogens with two attached hydrogens (primary N) is 1. The molecule has 0 aromatic rings. The van der Waals surface area contributed by atoms with E-state index in [2.05, 4.69) is 11.8 Å². The molecule has 0 aromatic heterocycles. The van der Waals surface area contributed by atoms with Crippen LogP contribution >= 0.6 is 0 Å². The highest BCUT2D eigenvalue weighted by atomic mass is 15.2. The first kappa shape index (κ1) is 11.0. The maximum Gasteiger partial charge on any atom is 0.0111 e. The maximum absolute atomic E-state index is 6.40. The third-order valence-corrected chi connectivity index (χ3v) is 5.18.